The molecule has 0 aromatic carbocycles. The van der Waals surface area contributed by atoms with Gasteiger partial charge in [-0.05, 0) is 44.7 Å². The van der Waals surface area contributed by atoms with Crippen molar-refractivity contribution < 1.29 is 9.59 Å². The van der Waals surface area contributed by atoms with Gasteiger partial charge in [-0.2, -0.15) is 0 Å². The lowest BCUT2D eigenvalue weighted by Gasteiger charge is -2.29. The molecule has 2 aliphatic heterocycles. The van der Waals surface area contributed by atoms with E-state index >= 15 is 0 Å². The van der Waals surface area contributed by atoms with Gasteiger partial charge < -0.3 is 15.1 Å². The zero-order chi connectivity index (χ0) is 13.8. The molecule has 116 valence electrons. The number of nitrogens with zero attached hydrogens (tertiary/aromatic N) is 2. The lowest BCUT2D eigenvalue weighted by Crippen LogP contribution is -2.46. The number of carbonyl (C=O) groups excluding carboxylic acids is 2. The molecule has 0 radical (unpaired) electrons. The summed E-state index contributed by atoms with van der Waals surface area (Å²) in [5.74, 6) is 0.727. The number of piperidine rings is 1. The maximum Gasteiger partial charge on any atom is 0.244 e. The van der Waals surface area contributed by atoms with Crippen molar-refractivity contribution in [2.45, 2.75) is 38.1 Å². The molecule has 1 atom stereocenters. The van der Waals surface area contributed by atoms with Crippen molar-refractivity contribution in [1.29, 1.82) is 0 Å². The van der Waals surface area contributed by atoms with Crippen molar-refractivity contribution in [3.8, 4) is 0 Å². The molecule has 6 heteroatoms. The Morgan fingerprint density at radius 2 is 1.85 bits per heavy atom. The first-order valence-electron chi connectivity index (χ1n) is 7.31. The van der Waals surface area contributed by atoms with E-state index in [2.05, 4.69) is 5.32 Å². The van der Waals surface area contributed by atoms with Gasteiger partial charge in [-0.3, -0.25) is 9.59 Å². The number of carbonyl (C=O) groups is 2. The Kier molecular flexibility index (Phi) is 6.76. The van der Waals surface area contributed by atoms with Gasteiger partial charge >= 0.3 is 0 Å². The average Bonchev–Trinajstić information content (AvgIpc) is 2.88. The highest BCUT2D eigenvalue weighted by Crippen LogP contribution is 2.23. The highest BCUT2D eigenvalue weighted by molar-refractivity contribution is 5.88. The van der Waals surface area contributed by atoms with Crippen LogP contribution in [0.4, 0.5) is 0 Å². The molecule has 2 saturated heterocycles. The molecule has 2 heterocycles. The zero-order valence-electron chi connectivity index (χ0n) is 12.4. The molecule has 0 spiro atoms. The first kappa shape index (κ1) is 17.2. The minimum absolute atomic E-state index is 0. The maximum absolute atomic E-state index is 12.4. The summed E-state index contributed by atoms with van der Waals surface area (Å²) in [5, 5.41) is 3.31. The van der Waals surface area contributed by atoms with Crippen LogP contribution in [-0.4, -0.2) is 61.4 Å². The molecule has 1 unspecified atom stereocenters. The van der Waals surface area contributed by atoms with Crippen LogP contribution in [0.15, 0.2) is 0 Å². The Hall–Kier alpha value is -0.810. The fourth-order valence-electron chi connectivity index (χ4n) is 3.07. The van der Waals surface area contributed by atoms with E-state index in [0.29, 0.717) is 12.3 Å². The van der Waals surface area contributed by atoms with Crippen LogP contribution in [0.2, 0.25) is 0 Å². The molecule has 2 rings (SSSR count). The van der Waals surface area contributed by atoms with Gasteiger partial charge in [0.25, 0.3) is 0 Å². The number of halogens is 1. The number of amides is 2. The third kappa shape index (κ3) is 4.09. The van der Waals surface area contributed by atoms with Crippen LogP contribution in [0.5, 0.6) is 0 Å². The lowest BCUT2D eigenvalue weighted by atomic mass is 9.94. The van der Waals surface area contributed by atoms with Crippen molar-refractivity contribution in [3.63, 3.8) is 0 Å². The third-order valence-corrected chi connectivity index (χ3v) is 4.22. The maximum atomic E-state index is 12.4. The van der Waals surface area contributed by atoms with E-state index in [-0.39, 0.29) is 30.3 Å². The van der Waals surface area contributed by atoms with E-state index < -0.39 is 0 Å². The molecule has 0 bridgehead atoms. The van der Waals surface area contributed by atoms with E-state index in [1.54, 1.807) is 19.0 Å². The van der Waals surface area contributed by atoms with E-state index in [1.807, 2.05) is 4.90 Å². The SMILES string of the molecule is CN(C)C(=O)C1CCCN1C(=O)CC1CCNCC1.Cl. The Balaban J connectivity index is 0.00000200. The molecule has 20 heavy (non-hydrogen) atoms. The van der Waals surface area contributed by atoms with Crippen LogP contribution in [0.25, 0.3) is 0 Å². The highest BCUT2D eigenvalue weighted by atomic mass is 35.5. The minimum Gasteiger partial charge on any atom is -0.347 e. The van der Waals surface area contributed by atoms with Gasteiger partial charge in [-0.1, -0.05) is 0 Å². The van der Waals surface area contributed by atoms with Crippen LogP contribution < -0.4 is 5.32 Å². The van der Waals surface area contributed by atoms with Gasteiger partial charge in [0, 0.05) is 27.1 Å². The number of hydrogen-bond donors (Lipinski definition) is 1. The predicted molar refractivity (Wildman–Crippen MR) is 80.9 cm³/mol. The Morgan fingerprint density at radius 1 is 1.20 bits per heavy atom. The van der Waals surface area contributed by atoms with Crippen LogP contribution in [-0.2, 0) is 9.59 Å². The number of likely N-dealkylation sites (N-methyl/N-ethyl adjacent to an activating group) is 1. The monoisotopic (exact) mass is 303 g/mol. The third-order valence-electron chi connectivity index (χ3n) is 4.22. The molecule has 0 saturated carbocycles. The highest BCUT2D eigenvalue weighted by Gasteiger charge is 2.35. The van der Waals surface area contributed by atoms with Gasteiger partial charge in [0.05, 0.1) is 0 Å². The van der Waals surface area contributed by atoms with Crippen LogP contribution >= 0.6 is 12.4 Å². The lowest BCUT2D eigenvalue weighted by molar-refractivity contribution is -0.142. The van der Waals surface area contributed by atoms with E-state index in [4.69, 9.17) is 0 Å². The van der Waals surface area contributed by atoms with E-state index in [1.165, 1.54) is 0 Å². The molecule has 0 aliphatic carbocycles. The summed E-state index contributed by atoms with van der Waals surface area (Å²) in [6.07, 6.45) is 4.52. The van der Waals surface area contributed by atoms with Crippen molar-refractivity contribution >= 4 is 24.2 Å². The summed E-state index contributed by atoms with van der Waals surface area (Å²) >= 11 is 0. The van der Waals surface area contributed by atoms with Crippen LogP contribution in [0.1, 0.15) is 32.1 Å². The van der Waals surface area contributed by atoms with Gasteiger partial charge in [-0.25, -0.2) is 0 Å². The van der Waals surface area contributed by atoms with Crippen LogP contribution in [0.3, 0.4) is 0 Å². The Morgan fingerprint density at radius 3 is 2.45 bits per heavy atom. The quantitative estimate of drug-likeness (QED) is 0.842. The van der Waals surface area contributed by atoms with E-state index in [0.717, 1.165) is 45.3 Å². The van der Waals surface area contributed by atoms with Gasteiger partial charge in [0.2, 0.25) is 11.8 Å². The molecular formula is C14H26ClN3O2. The zero-order valence-corrected chi connectivity index (χ0v) is 13.2. The van der Waals surface area contributed by atoms with Crippen molar-refractivity contribution in [3.05, 3.63) is 0 Å². The molecule has 5 nitrogen and oxygen atoms in total. The summed E-state index contributed by atoms with van der Waals surface area (Å²) in [6, 6.07) is -0.218. The first-order valence-corrected chi connectivity index (χ1v) is 7.31. The molecule has 2 amide bonds. The van der Waals surface area contributed by atoms with Gasteiger partial charge in [-0.15, -0.1) is 12.4 Å². The van der Waals surface area contributed by atoms with E-state index in [9.17, 15) is 9.59 Å². The topological polar surface area (TPSA) is 52.7 Å². The Bertz CT molecular complexity index is 343. The second kappa shape index (κ2) is 7.84. The minimum atomic E-state index is -0.218. The normalized spacial score (nSPS) is 23.3. The number of rotatable bonds is 3. The summed E-state index contributed by atoms with van der Waals surface area (Å²) in [6.45, 7) is 2.77. The largest absolute Gasteiger partial charge is 0.347 e. The first-order chi connectivity index (χ1) is 9.09. The van der Waals surface area contributed by atoms with Crippen molar-refractivity contribution in [1.82, 2.24) is 15.1 Å². The number of hydrogen-bond acceptors (Lipinski definition) is 3. The average molecular weight is 304 g/mol. The number of nitrogens with one attached hydrogen (secondary N) is 1. The van der Waals surface area contributed by atoms with Crippen molar-refractivity contribution in [2.24, 2.45) is 5.92 Å². The number of likely N-dealkylation sites (tertiary alicyclic amines) is 1. The van der Waals surface area contributed by atoms with Crippen LogP contribution in [0, 0.1) is 5.92 Å². The molecule has 2 aliphatic rings. The summed E-state index contributed by atoms with van der Waals surface area (Å²) < 4.78 is 0. The second-order valence-corrected chi connectivity index (χ2v) is 5.88. The molecule has 1 N–H and O–H groups in total. The summed E-state index contributed by atoms with van der Waals surface area (Å²) in [5.41, 5.74) is 0. The second-order valence-electron chi connectivity index (χ2n) is 5.88. The predicted octanol–water partition coefficient (Wildman–Crippen LogP) is 0.877. The summed E-state index contributed by atoms with van der Waals surface area (Å²) in [7, 11) is 3.52. The molecule has 0 aromatic heterocycles. The van der Waals surface area contributed by atoms with Gasteiger partial charge in [0.15, 0.2) is 0 Å². The summed E-state index contributed by atoms with van der Waals surface area (Å²) in [4.78, 5) is 27.9. The molecule has 0 aromatic rings. The fraction of sp³-hybridized carbons (Fsp3) is 0.857. The molecule has 2 fully saturated rings. The fourth-order valence-corrected chi connectivity index (χ4v) is 3.07. The smallest absolute Gasteiger partial charge is 0.244 e. The molecular weight excluding hydrogens is 278 g/mol. The van der Waals surface area contributed by atoms with Crippen molar-refractivity contribution in [2.75, 3.05) is 33.7 Å². The standard InChI is InChI=1S/C14H25N3O2.ClH/c1-16(2)14(19)12-4-3-9-17(12)13(18)10-11-5-7-15-8-6-11;/h11-12,15H,3-10H2,1-2H3;1H. The Labute approximate surface area is 127 Å². The van der Waals surface area contributed by atoms with Gasteiger partial charge in [0.1, 0.15) is 6.04 Å².